The van der Waals surface area contributed by atoms with E-state index in [0.29, 0.717) is 12.2 Å². The third kappa shape index (κ3) is 2.44. The summed E-state index contributed by atoms with van der Waals surface area (Å²) in [6.45, 7) is 0.678. The molecular formula is C9H12N6O. The van der Waals surface area contributed by atoms with Gasteiger partial charge in [-0.25, -0.2) is 5.10 Å². The molecule has 0 aromatic carbocycles. The molecular weight excluding hydrogens is 208 g/mol. The normalized spacial score (nSPS) is 10.3. The number of aromatic nitrogens is 5. The van der Waals surface area contributed by atoms with Crippen molar-refractivity contribution in [1.82, 2.24) is 25.0 Å². The quantitative estimate of drug-likeness (QED) is 0.728. The third-order valence-electron chi connectivity index (χ3n) is 2.15. The van der Waals surface area contributed by atoms with E-state index >= 15 is 0 Å². The largest absolute Gasteiger partial charge is 0.383 e. The molecule has 2 rings (SSSR count). The van der Waals surface area contributed by atoms with E-state index in [2.05, 4.69) is 25.7 Å². The Labute approximate surface area is 91.5 Å². The Morgan fingerprint density at radius 1 is 1.56 bits per heavy atom. The zero-order valence-corrected chi connectivity index (χ0v) is 8.84. The highest BCUT2D eigenvalue weighted by atomic mass is 16.1. The molecule has 0 aliphatic heterocycles. The second-order valence-electron chi connectivity index (χ2n) is 3.37. The Kier molecular flexibility index (Phi) is 2.95. The van der Waals surface area contributed by atoms with Crippen LogP contribution in [0, 0.1) is 0 Å². The fourth-order valence-corrected chi connectivity index (χ4v) is 1.32. The fourth-order valence-electron chi connectivity index (χ4n) is 1.32. The Bertz CT molecular complexity index is 516. The van der Waals surface area contributed by atoms with E-state index in [0.717, 1.165) is 12.2 Å². The molecule has 0 saturated carbocycles. The second kappa shape index (κ2) is 4.56. The van der Waals surface area contributed by atoms with Gasteiger partial charge in [0.25, 0.3) is 5.56 Å². The van der Waals surface area contributed by atoms with Crippen LogP contribution in [0.4, 0.5) is 5.69 Å². The van der Waals surface area contributed by atoms with Gasteiger partial charge in [0.15, 0.2) is 0 Å². The molecule has 0 aliphatic carbocycles. The number of nitrogens with one attached hydrogen (secondary N) is 2. The van der Waals surface area contributed by atoms with Crippen LogP contribution in [0.15, 0.2) is 23.4 Å². The van der Waals surface area contributed by atoms with E-state index in [-0.39, 0.29) is 5.56 Å². The van der Waals surface area contributed by atoms with Crippen molar-refractivity contribution in [3.8, 4) is 0 Å². The van der Waals surface area contributed by atoms with Gasteiger partial charge >= 0.3 is 0 Å². The van der Waals surface area contributed by atoms with Crippen LogP contribution in [0.5, 0.6) is 0 Å². The molecule has 0 bridgehead atoms. The van der Waals surface area contributed by atoms with Gasteiger partial charge in [0, 0.05) is 26.1 Å². The van der Waals surface area contributed by atoms with Crippen LogP contribution in [0.1, 0.15) is 5.82 Å². The fraction of sp³-hybridized carbons (Fsp3) is 0.333. The molecule has 16 heavy (non-hydrogen) atoms. The molecule has 0 amide bonds. The predicted molar refractivity (Wildman–Crippen MR) is 58.1 cm³/mol. The van der Waals surface area contributed by atoms with E-state index < -0.39 is 0 Å². The van der Waals surface area contributed by atoms with Crippen LogP contribution in [0.25, 0.3) is 0 Å². The van der Waals surface area contributed by atoms with Crippen LogP contribution in [-0.2, 0) is 13.5 Å². The summed E-state index contributed by atoms with van der Waals surface area (Å²) >= 11 is 0. The minimum absolute atomic E-state index is 0.219. The number of rotatable bonds is 4. The van der Waals surface area contributed by atoms with Crippen LogP contribution in [-0.4, -0.2) is 31.5 Å². The Morgan fingerprint density at radius 2 is 2.44 bits per heavy atom. The molecule has 7 nitrogen and oxygen atoms in total. The lowest BCUT2D eigenvalue weighted by Gasteiger charge is -2.04. The van der Waals surface area contributed by atoms with Crippen LogP contribution >= 0.6 is 0 Å². The number of nitrogens with zero attached hydrogens (tertiary/aromatic N) is 4. The van der Waals surface area contributed by atoms with Gasteiger partial charge in [-0.05, 0) is 0 Å². The maximum absolute atomic E-state index is 11.0. The summed E-state index contributed by atoms with van der Waals surface area (Å²) in [5, 5.41) is 16.8. The first-order valence-electron chi connectivity index (χ1n) is 4.87. The molecule has 2 N–H and O–H groups in total. The summed E-state index contributed by atoms with van der Waals surface area (Å²) < 4.78 is 1.86. The summed E-state index contributed by atoms with van der Waals surface area (Å²) in [5.41, 5.74) is 0.481. The lowest BCUT2D eigenvalue weighted by Crippen LogP contribution is -2.12. The van der Waals surface area contributed by atoms with Gasteiger partial charge in [0.05, 0.1) is 11.9 Å². The molecule has 2 aromatic heterocycles. The molecule has 0 unspecified atom stereocenters. The number of anilines is 1. The van der Waals surface area contributed by atoms with E-state index in [1.807, 2.05) is 11.6 Å². The highest BCUT2D eigenvalue weighted by Crippen LogP contribution is 1.99. The number of aryl methyl sites for hydroxylation is 1. The Balaban J connectivity index is 1.89. The predicted octanol–water partition coefficient (Wildman–Crippen LogP) is -0.447. The maximum Gasteiger partial charge on any atom is 0.266 e. The van der Waals surface area contributed by atoms with Crippen molar-refractivity contribution in [2.45, 2.75) is 6.42 Å². The second-order valence-corrected chi connectivity index (χ2v) is 3.37. The van der Waals surface area contributed by atoms with E-state index in [1.165, 1.54) is 6.07 Å². The molecule has 7 heteroatoms. The van der Waals surface area contributed by atoms with Crippen molar-refractivity contribution < 1.29 is 0 Å². The van der Waals surface area contributed by atoms with Gasteiger partial charge in [0.2, 0.25) is 0 Å². The highest BCUT2D eigenvalue weighted by molar-refractivity contribution is 5.38. The molecule has 0 atom stereocenters. The molecule has 84 valence electrons. The van der Waals surface area contributed by atoms with Crippen LogP contribution < -0.4 is 10.9 Å². The lowest BCUT2D eigenvalue weighted by atomic mass is 10.3. The average molecular weight is 220 g/mol. The zero-order valence-electron chi connectivity index (χ0n) is 8.84. The number of hydrogen-bond donors (Lipinski definition) is 2. The van der Waals surface area contributed by atoms with Gasteiger partial charge in [-0.1, -0.05) is 0 Å². The monoisotopic (exact) mass is 220 g/mol. The molecule has 2 heterocycles. The van der Waals surface area contributed by atoms with Crippen LogP contribution in [0.2, 0.25) is 0 Å². The molecule has 0 fully saturated rings. The summed E-state index contributed by atoms with van der Waals surface area (Å²) in [4.78, 5) is 11.0. The summed E-state index contributed by atoms with van der Waals surface area (Å²) in [7, 11) is 1.89. The van der Waals surface area contributed by atoms with Gasteiger partial charge < -0.3 is 9.88 Å². The molecule has 0 radical (unpaired) electrons. The minimum atomic E-state index is -0.219. The smallest absolute Gasteiger partial charge is 0.266 e. The molecule has 0 saturated heterocycles. The number of H-pyrrole nitrogens is 1. The van der Waals surface area contributed by atoms with Gasteiger partial charge in [0.1, 0.15) is 12.2 Å². The topological polar surface area (TPSA) is 88.5 Å². The highest BCUT2D eigenvalue weighted by Gasteiger charge is 2.00. The molecule has 2 aromatic rings. The first-order chi connectivity index (χ1) is 7.75. The SMILES string of the molecule is Cn1cnnc1CCNc1cn[nH]c(=O)c1. The molecule has 0 aliphatic rings. The first-order valence-corrected chi connectivity index (χ1v) is 4.87. The van der Waals surface area contributed by atoms with E-state index in [9.17, 15) is 4.79 Å². The molecule has 0 spiro atoms. The third-order valence-corrected chi connectivity index (χ3v) is 2.15. The van der Waals surface area contributed by atoms with Crippen molar-refractivity contribution in [2.24, 2.45) is 7.05 Å². The van der Waals surface area contributed by atoms with Crippen molar-refractivity contribution >= 4 is 5.69 Å². The van der Waals surface area contributed by atoms with Gasteiger partial charge in [-0.2, -0.15) is 5.10 Å². The lowest BCUT2D eigenvalue weighted by molar-refractivity contribution is 0.788. The number of aromatic amines is 1. The zero-order chi connectivity index (χ0) is 11.4. The Morgan fingerprint density at radius 3 is 3.12 bits per heavy atom. The van der Waals surface area contributed by atoms with E-state index in [1.54, 1.807) is 12.5 Å². The van der Waals surface area contributed by atoms with Gasteiger partial charge in [-0.15, -0.1) is 10.2 Å². The van der Waals surface area contributed by atoms with Crippen molar-refractivity contribution in [1.29, 1.82) is 0 Å². The Hall–Kier alpha value is -2.18. The van der Waals surface area contributed by atoms with Crippen molar-refractivity contribution in [3.05, 3.63) is 34.8 Å². The van der Waals surface area contributed by atoms with Crippen molar-refractivity contribution in [3.63, 3.8) is 0 Å². The minimum Gasteiger partial charge on any atom is -0.383 e. The van der Waals surface area contributed by atoms with Crippen LogP contribution in [0.3, 0.4) is 0 Å². The first kappa shape index (κ1) is 10.3. The summed E-state index contributed by atoms with van der Waals surface area (Å²) in [6, 6.07) is 1.46. The van der Waals surface area contributed by atoms with E-state index in [4.69, 9.17) is 0 Å². The summed E-state index contributed by atoms with van der Waals surface area (Å²) in [5.74, 6) is 0.894. The average Bonchev–Trinajstić information content (AvgIpc) is 2.65. The standard InChI is InChI=1S/C9H12N6O/c1-15-6-12-13-8(15)2-3-10-7-4-9(16)14-11-5-7/h4-6H,2-3H2,1H3,(H2,10,14,16). The maximum atomic E-state index is 11.0. The number of hydrogen-bond acceptors (Lipinski definition) is 5. The van der Waals surface area contributed by atoms with Crippen molar-refractivity contribution in [2.75, 3.05) is 11.9 Å². The van der Waals surface area contributed by atoms with Gasteiger partial charge in [-0.3, -0.25) is 4.79 Å². The summed E-state index contributed by atoms with van der Waals surface area (Å²) in [6.07, 6.45) is 3.96.